The van der Waals surface area contributed by atoms with Gasteiger partial charge in [-0.1, -0.05) is 53.5 Å². The Morgan fingerprint density at radius 1 is 0.944 bits per heavy atom. The topological polar surface area (TPSA) is 65.1 Å². The molecule has 0 unspecified atom stereocenters. The zero-order valence-corrected chi connectivity index (χ0v) is 21.7. The second-order valence-electron chi connectivity index (χ2n) is 7.67. The summed E-state index contributed by atoms with van der Waals surface area (Å²) in [5.74, 6) is 1.10. The van der Waals surface area contributed by atoms with Crippen molar-refractivity contribution in [3.63, 3.8) is 0 Å². The average Bonchev–Trinajstić information content (AvgIpc) is 3.13. The predicted molar refractivity (Wildman–Crippen MR) is 143 cm³/mol. The molecule has 1 aliphatic heterocycles. The molecule has 1 saturated heterocycles. The van der Waals surface area contributed by atoms with Crippen LogP contribution in [0.4, 0.5) is 4.79 Å². The zero-order valence-electron chi connectivity index (χ0n) is 19.4. The molecule has 0 aromatic heterocycles. The fourth-order valence-corrected chi connectivity index (χ4v) is 4.70. The summed E-state index contributed by atoms with van der Waals surface area (Å²) in [6.45, 7) is 2.89. The Morgan fingerprint density at radius 2 is 1.69 bits per heavy atom. The number of amides is 2. The lowest BCUT2D eigenvalue weighted by Gasteiger charge is -2.15. The number of thioether (sulfide) groups is 1. The van der Waals surface area contributed by atoms with E-state index in [0.29, 0.717) is 51.0 Å². The molecule has 186 valence electrons. The predicted octanol–water partition coefficient (Wildman–Crippen LogP) is 7.09. The van der Waals surface area contributed by atoms with Crippen LogP contribution >= 0.6 is 35.0 Å². The van der Waals surface area contributed by atoms with E-state index in [1.807, 2.05) is 37.3 Å². The molecule has 9 heteroatoms. The number of nitrogens with zero attached hydrogens (tertiary/aromatic N) is 1. The van der Waals surface area contributed by atoms with Crippen molar-refractivity contribution in [3.8, 4) is 17.2 Å². The van der Waals surface area contributed by atoms with Crippen LogP contribution in [0.25, 0.3) is 6.08 Å². The number of ether oxygens (including phenoxy) is 3. The van der Waals surface area contributed by atoms with Crippen molar-refractivity contribution in [2.75, 3.05) is 19.8 Å². The van der Waals surface area contributed by atoms with Gasteiger partial charge in [0.25, 0.3) is 11.1 Å². The van der Waals surface area contributed by atoms with Crippen LogP contribution in [0, 0.1) is 0 Å². The van der Waals surface area contributed by atoms with Crippen LogP contribution in [0.1, 0.15) is 18.1 Å². The van der Waals surface area contributed by atoms with E-state index in [-0.39, 0.29) is 24.3 Å². The second-order valence-corrected chi connectivity index (χ2v) is 9.51. The molecule has 6 nitrogen and oxygen atoms in total. The molecule has 0 atom stereocenters. The minimum absolute atomic E-state index is 0.127. The molecule has 3 aromatic rings. The standard InChI is InChI=1S/C27H23Cl2NO5S/c1-2-33-23-15-19(14-22(29)25(23)35-17-18-6-4-3-5-7-18)16-24-26(31)30(27(32)36-24)12-13-34-21-10-8-20(28)9-11-21/h3-11,14-16H,2,12-13,17H2,1H3/b24-16-. The highest BCUT2D eigenvalue weighted by Crippen LogP contribution is 2.39. The van der Waals surface area contributed by atoms with Crippen LogP contribution in [0.15, 0.2) is 71.6 Å². The summed E-state index contributed by atoms with van der Waals surface area (Å²) in [5, 5.41) is 0.588. The first kappa shape index (κ1) is 25.9. The molecule has 4 rings (SSSR count). The van der Waals surface area contributed by atoms with Gasteiger partial charge in [0.2, 0.25) is 0 Å². The highest BCUT2D eigenvalue weighted by atomic mass is 35.5. The lowest BCUT2D eigenvalue weighted by molar-refractivity contribution is -0.123. The third kappa shape index (κ3) is 6.55. The molecule has 0 N–H and O–H groups in total. The van der Waals surface area contributed by atoms with Gasteiger partial charge in [-0.2, -0.15) is 0 Å². The molecule has 0 aliphatic carbocycles. The minimum atomic E-state index is -0.386. The molecular formula is C27H23Cl2NO5S. The first-order valence-electron chi connectivity index (χ1n) is 11.2. The third-order valence-corrected chi connectivity index (χ3v) is 6.57. The highest BCUT2D eigenvalue weighted by Gasteiger charge is 2.35. The van der Waals surface area contributed by atoms with Crippen LogP contribution < -0.4 is 14.2 Å². The fourth-order valence-electron chi connectivity index (χ4n) is 3.43. The van der Waals surface area contributed by atoms with Crippen molar-refractivity contribution in [1.29, 1.82) is 0 Å². The molecule has 2 amide bonds. The number of imide groups is 1. The van der Waals surface area contributed by atoms with Crippen LogP contribution in [0.5, 0.6) is 17.2 Å². The van der Waals surface area contributed by atoms with Gasteiger partial charge in [-0.3, -0.25) is 14.5 Å². The summed E-state index contributed by atoms with van der Waals surface area (Å²) in [6.07, 6.45) is 1.63. The number of hydrogen-bond donors (Lipinski definition) is 0. The van der Waals surface area contributed by atoms with Crippen LogP contribution in [-0.2, 0) is 11.4 Å². The van der Waals surface area contributed by atoms with Gasteiger partial charge >= 0.3 is 0 Å². The quantitative estimate of drug-likeness (QED) is 0.254. The molecular weight excluding hydrogens is 521 g/mol. The molecule has 1 heterocycles. The van der Waals surface area contributed by atoms with Crippen molar-refractivity contribution < 1.29 is 23.8 Å². The Morgan fingerprint density at radius 3 is 2.42 bits per heavy atom. The van der Waals surface area contributed by atoms with E-state index in [4.69, 9.17) is 37.4 Å². The van der Waals surface area contributed by atoms with E-state index in [0.717, 1.165) is 22.2 Å². The normalized spacial score (nSPS) is 14.4. The maximum absolute atomic E-state index is 12.9. The summed E-state index contributed by atoms with van der Waals surface area (Å²) < 4.78 is 17.3. The molecule has 0 bridgehead atoms. The minimum Gasteiger partial charge on any atom is -0.492 e. The van der Waals surface area contributed by atoms with Crippen molar-refractivity contribution in [3.05, 3.63) is 92.8 Å². The Kier molecular flexibility index (Phi) is 8.80. The van der Waals surface area contributed by atoms with Gasteiger partial charge in [-0.25, -0.2) is 0 Å². The second kappa shape index (κ2) is 12.2. The lowest BCUT2D eigenvalue weighted by Crippen LogP contribution is -2.32. The molecule has 1 fully saturated rings. The molecule has 0 radical (unpaired) electrons. The number of benzene rings is 3. The number of rotatable bonds is 10. The summed E-state index contributed by atoms with van der Waals surface area (Å²) in [4.78, 5) is 26.8. The van der Waals surface area contributed by atoms with Crippen molar-refractivity contribution in [2.45, 2.75) is 13.5 Å². The summed E-state index contributed by atoms with van der Waals surface area (Å²) in [5.41, 5.74) is 1.62. The van der Waals surface area contributed by atoms with Gasteiger partial charge in [-0.05, 0) is 72.3 Å². The number of carbonyl (C=O) groups excluding carboxylic acids is 2. The van der Waals surface area contributed by atoms with Gasteiger partial charge in [0.15, 0.2) is 11.5 Å². The zero-order chi connectivity index (χ0) is 25.5. The molecule has 0 spiro atoms. The molecule has 1 aliphatic rings. The largest absolute Gasteiger partial charge is 0.492 e. The number of carbonyl (C=O) groups is 2. The summed E-state index contributed by atoms with van der Waals surface area (Å²) in [6, 6.07) is 20.0. The van der Waals surface area contributed by atoms with E-state index >= 15 is 0 Å². The molecule has 3 aromatic carbocycles. The van der Waals surface area contributed by atoms with Crippen molar-refractivity contribution in [1.82, 2.24) is 4.90 Å². The fraction of sp³-hybridized carbons (Fsp3) is 0.185. The van der Waals surface area contributed by atoms with E-state index in [2.05, 4.69) is 0 Å². The van der Waals surface area contributed by atoms with Crippen LogP contribution in [0.2, 0.25) is 10.0 Å². The Bertz CT molecular complexity index is 1270. The smallest absolute Gasteiger partial charge is 0.293 e. The van der Waals surface area contributed by atoms with Crippen molar-refractivity contribution >= 4 is 52.2 Å². The van der Waals surface area contributed by atoms with E-state index in [1.165, 1.54) is 0 Å². The number of halogens is 2. The monoisotopic (exact) mass is 543 g/mol. The Labute approximate surface area is 223 Å². The van der Waals surface area contributed by atoms with E-state index < -0.39 is 0 Å². The first-order valence-corrected chi connectivity index (χ1v) is 12.8. The van der Waals surface area contributed by atoms with Crippen LogP contribution in [-0.4, -0.2) is 35.8 Å². The highest BCUT2D eigenvalue weighted by molar-refractivity contribution is 8.18. The van der Waals surface area contributed by atoms with Crippen LogP contribution in [0.3, 0.4) is 0 Å². The maximum atomic E-state index is 12.9. The first-order chi connectivity index (χ1) is 17.4. The Balaban J connectivity index is 1.45. The number of hydrogen-bond acceptors (Lipinski definition) is 6. The maximum Gasteiger partial charge on any atom is 0.293 e. The van der Waals surface area contributed by atoms with E-state index in [1.54, 1.807) is 42.5 Å². The lowest BCUT2D eigenvalue weighted by atomic mass is 10.1. The Hall–Kier alpha value is -3.13. The third-order valence-electron chi connectivity index (χ3n) is 5.13. The molecule has 36 heavy (non-hydrogen) atoms. The van der Waals surface area contributed by atoms with E-state index in [9.17, 15) is 9.59 Å². The van der Waals surface area contributed by atoms with Gasteiger partial charge in [0.1, 0.15) is 19.0 Å². The summed E-state index contributed by atoms with van der Waals surface area (Å²) in [7, 11) is 0. The average molecular weight is 544 g/mol. The summed E-state index contributed by atoms with van der Waals surface area (Å²) >= 11 is 13.3. The van der Waals surface area contributed by atoms with Gasteiger partial charge in [-0.15, -0.1) is 0 Å². The van der Waals surface area contributed by atoms with Gasteiger partial charge < -0.3 is 14.2 Å². The SMILES string of the molecule is CCOc1cc(/C=C2\SC(=O)N(CCOc3ccc(Cl)cc3)C2=O)cc(Cl)c1OCc1ccccc1. The van der Waals surface area contributed by atoms with Gasteiger partial charge in [0, 0.05) is 5.02 Å². The van der Waals surface area contributed by atoms with Crippen molar-refractivity contribution in [2.24, 2.45) is 0 Å². The van der Waals surface area contributed by atoms with Gasteiger partial charge in [0.05, 0.1) is 23.1 Å². The molecule has 0 saturated carbocycles.